The molecule has 0 saturated carbocycles. The highest BCUT2D eigenvalue weighted by Gasteiger charge is 2.28. The van der Waals surface area contributed by atoms with Crippen LogP contribution in [0.5, 0.6) is 0 Å². The lowest BCUT2D eigenvalue weighted by Gasteiger charge is -2.27. The Hall–Kier alpha value is -2.02. The topological polar surface area (TPSA) is 70.2 Å². The summed E-state index contributed by atoms with van der Waals surface area (Å²) in [7, 11) is 0. The third-order valence-corrected chi connectivity index (χ3v) is 5.77. The summed E-state index contributed by atoms with van der Waals surface area (Å²) >= 11 is 1.67. The number of carbonyl (C=O) groups excluding carboxylic acids is 2. The lowest BCUT2D eigenvalue weighted by molar-refractivity contribution is -0.128. The molecule has 0 saturated heterocycles. The van der Waals surface area contributed by atoms with Crippen molar-refractivity contribution in [2.24, 2.45) is 0 Å². The van der Waals surface area contributed by atoms with E-state index in [-0.39, 0.29) is 30.3 Å². The number of amides is 2. The number of hydrogen-bond acceptors (Lipinski definition) is 4. The van der Waals surface area contributed by atoms with Crippen molar-refractivity contribution in [2.45, 2.75) is 45.3 Å². The largest absolute Gasteiger partial charge is 0.343 e. The Morgan fingerprint density at radius 3 is 2.47 bits per heavy atom. The van der Waals surface area contributed by atoms with Gasteiger partial charge in [-0.15, -0.1) is 12.4 Å². The predicted octanol–water partition coefficient (Wildman–Crippen LogP) is 3.62. The molecule has 2 amide bonds. The summed E-state index contributed by atoms with van der Waals surface area (Å²) in [4.78, 5) is 25.8. The normalized spacial score (nSPS) is 16.0. The monoisotopic (exact) mass is 447 g/mol. The number of hydrogen-bond donors (Lipinski definition) is 3. The van der Waals surface area contributed by atoms with E-state index < -0.39 is 6.04 Å². The molecule has 2 aromatic rings. The highest BCUT2D eigenvalue weighted by Crippen LogP contribution is 2.17. The van der Waals surface area contributed by atoms with E-state index in [0.29, 0.717) is 19.4 Å². The molecular weight excluding hydrogens is 418 g/mol. The Labute approximate surface area is 189 Å². The van der Waals surface area contributed by atoms with Gasteiger partial charge in [-0.1, -0.05) is 30.3 Å². The standard InChI is InChI=1S/C23H29N3O2S.ClH/c1-15-10-16(2)12-19(11-15)25-22(27)20(8-9-29-3)26-23(28)21-13-17-6-4-5-7-18(17)14-24-21;/h4-7,10-12,20-21,24H,8-9,13-14H2,1-3H3,(H,25,27)(H,26,28);1H/t20-,21-;/m0./s1. The van der Waals surface area contributed by atoms with Crippen LogP contribution in [0, 0.1) is 13.8 Å². The lowest BCUT2D eigenvalue weighted by Crippen LogP contribution is -2.53. The van der Waals surface area contributed by atoms with Crippen molar-refractivity contribution < 1.29 is 9.59 Å². The first kappa shape index (κ1) is 24.3. The second-order valence-corrected chi connectivity index (χ2v) is 8.60. The van der Waals surface area contributed by atoms with E-state index in [0.717, 1.165) is 22.6 Å². The summed E-state index contributed by atoms with van der Waals surface area (Å²) in [5, 5.41) is 9.24. The first-order chi connectivity index (χ1) is 14.0. The van der Waals surface area contributed by atoms with Gasteiger partial charge in [0.05, 0.1) is 6.04 Å². The van der Waals surface area contributed by atoms with Crippen LogP contribution < -0.4 is 16.0 Å². The molecule has 0 aromatic heterocycles. The Morgan fingerprint density at radius 1 is 1.13 bits per heavy atom. The molecule has 0 radical (unpaired) electrons. The van der Waals surface area contributed by atoms with Crippen LogP contribution >= 0.6 is 24.2 Å². The zero-order valence-corrected chi connectivity index (χ0v) is 19.3. The third kappa shape index (κ3) is 6.49. The minimum atomic E-state index is -0.560. The Kier molecular flexibility index (Phi) is 9.21. The first-order valence-electron chi connectivity index (χ1n) is 9.95. The smallest absolute Gasteiger partial charge is 0.246 e. The van der Waals surface area contributed by atoms with Gasteiger partial charge in [-0.25, -0.2) is 0 Å². The van der Waals surface area contributed by atoms with Crippen LogP contribution in [-0.2, 0) is 22.6 Å². The van der Waals surface area contributed by atoms with Crippen LogP contribution in [0.3, 0.4) is 0 Å². The van der Waals surface area contributed by atoms with Crippen molar-refractivity contribution in [3.63, 3.8) is 0 Å². The zero-order chi connectivity index (χ0) is 20.8. The second-order valence-electron chi connectivity index (χ2n) is 7.61. The molecular formula is C23H30ClN3O2S. The molecule has 2 aromatic carbocycles. The Morgan fingerprint density at radius 2 is 1.80 bits per heavy atom. The molecule has 0 fully saturated rings. The summed E-state index contributed by atoms with van der Waals surface area (Å²) in [6.45, 7) is 4.67. The van der Waals surface area contributed by atoms with Crippen molar-refractivity contribution >= 4 is 41.7 Å². The molecule has 0 bridgehead atoms. The molecule has 0 spiro atoms. The summed E-state index contributed by atoms with van der Waals surface area (Å²) in [6.07, 6.45) is 3.23. The SMILES string of the molecule is CSCC[C@H](NC(=O)[C@@H]1Cc2ccccc2CN1)C(=O)Nc1cc(C)cc(C)c1.Cl. The van der Waals surface area contributed by atoms with Crippen molar-refractivity contribution in [2.75, 3.05) is 17.3 Å². The predicted molar refractivity (Wildman–Crippen MR) is 127 cm³/mol. The number of nitrogens with one attached hydrogen (secondary N) is 3. The van der Waals surface area contributed by atoms with Crippen LogP contribution in [0.1, 0.15) is 28.7 Å². The molecule has 162 valence electrons. The van der Waals surface area contributed by atoms with Crippen molar-refractivity contribution in [1.29, 1.82) is 0 Å². The van der Waals surface area contributed by atoms with Gasteiger partial charge in [0, 0.05) is 12.2 Å². The van der Waals surface area contributed by atoms with E-state index in [1.807, 2.05) is 44.4 Å². The zero-order valence-electron chi connectivity index (χ0n) is 17.7. The maximum atomic E-state index is 12.9. The van der Waals surface area contributed by atoms with E-state index in [2.05, 4.69) is 34.1 Å². The van der Waals surface area contributed by atoms with Crippen LogP contribution in [0.4, 0.5) is 5.69 Å². The van der Waals surface area contributed by atoms with Gasteiger partial charge in [0.1, 0.15) is 6.04 Å². The average molecular weight is 448 g/mol. The fraction of sp³-hybridized carbons (Fsp3) is 0.391. The molecule has 3 rings (SSSR count). The number of carbonyl (C=O) groups is 2. The molecule has 1 aliphatic rings. The number of benzene rings is 2. The first-order valence-corrected chi connectivity index (χ1v) is 11.3. The molecule has 3 N–H and O–H groups in total. The minimum Gasteiger partial charge on any atom is -0.343 e. The van der Waals surface area contributed by atoms with Gasteiger partial charge in [0.25, 0.3) is 0 Å². The highest BCUT2D eigenvalue weighted by molar-refractivity contribution is 7.98. The molecule has 0 unspecified atom stereocenters. The van der Waals surface area contributed by atoms with Crippen LogP contribution in [0.25, 0.3) is 0 Å². The summed E-state index contributed by atoms with van der Waals surface area (Å²) in [6, 6.07) is 13.2. The molecule has 0 aliphatic carbocycles. The summed E-state index contributed by atoms with van der Waals surface area (Å²) in [5.74, 6) is 0.501. The fourth-order valence-corrected chi connectivity index (χ4v) is 4.16. The highest BCUT2D eigenvalue weighted by atomic mass is 35.5. The van der Waals surface area contributed by atoms with Crippen molar-refractivity contribution in [3.05, 3.63) is 64.7 Å². The molecule has 7 heteroatoms. The van der Waals surface area contributed by atoms with Gasteiger partial charge >= 0.3 is 0 Å². The Balaban J connectivity index is 0.00000320. The number of fused-ring (bicyclic) bond motifs is 1. The van der Waals surface area contributed by atoms with Crippen LogP contribution in [0.15, 0.2) is 42.5 Å². The van der Waals surface area contributed by atoms with Gasteiger partial charge < -0.3 is 16.0 Å². The third-order valence-electron chi connectivity index (χ3n) is 5.13. The molecule has 30 heavy (non-hydrogen) atoms. The van der Waals surface area contributed by atoms with Gasteiger partial charge in [-0.3, -0.25) is 9.59 Å². The minimum absolute atomic E-state index is 0. The quantitative estimate of drug-likeness (QED) is 0.606. The molecule has 1 aliphatic heterocycles. The number of aryl methyl sites for hydroxylation is 2. The van der Waals surface area contributed by atoms with E-state index in [9.17, 15) is 9.59 Å². The molecule has 5 nitrogen and oxygen atoms in total. The van der Waals surface area contributed by atoms with Gasteiger partial charge in [0.2, 0.25) is 11.8 Å². The Bertz CT molecular complexity index is 870. The number of halogens is 1. The van der Waals surface area contributed by atoms with E-state index in [4.69, 9.17) is 0 Å². The lowest BCUT2D eigenvalue weighted by atomic mass is 9.95. The number of thioether (sulfide) groups is 1. The molecule has 2 atom stereocenters. The number of rotatable bonds is 7. The van der Waals surface area contributed by atoms with E-state index in [1.54, 1.807) is 11.8 Å². The van der Waals surface area contributed by atoms with E-state index in [1.165, 1.54) is 11.1 Å². The summed E-state index contributed by atoms with van der Waals surface area (Å²) in [5.41, 5.74) is 5.36. The van der Waals surface area contributed by atoms with Crippen molar-refractivity contribution in [3.8, 4) is 0 Å². The molecule has 1 heterocycles. The second kappa shape index (κ2) is 11.4. The number of anilines is 1. The van der Waals surface area contributed by atoms with Gasteiger partial charge in [-0.05, 0) is 73.1 Å². The maximum absolute atomic E-state index is 12.9. The van der Waals surface area contributed by atoms with E-state index >= 15 is 0 Å². The summed E-state index contributed by atoms with van der Waals surface area (Å²) < 4.78 is 0. The fourth-order valence-electron chi connectivity index (χ4n) is 3.69. The van der Waals surface area contributed by atoms with Crippen LogP contribution in [0.2, 0.25) is 0 Å². The van der Waals surface area contributed by atoms with Gasteiger partial charge in [-0.2, -0.15) is 11.8 Å². The van der Waals surface area contributed by atoms with Crippen LogP contribution in [-0.4, -0.2) is 35.9 Å². The maximum Gasteiger partial charge on any atom is 0.246 e. The van der Waals surface area contributed by atoms with Crippen molar-refractivity contribution in [1.82, 2.24) is 10.6 Å². The average Bonchev–Trinajstić information content (AvgIpc) is 2.69. The van der Waals surface area contributed by atoms with Gasteiger partial charge in [0.15, 0.2) is 0 Å².